The van der Waals surface area contributed by atoms with Gasteiger partial charge >= 0.3 is 0 Å². The van der Waals surface area contributed by atoms with Crippen LogP contribution in [0.2, 0.25) is 0 Å². The average molecular weight is 388 g/mol. The summed E-state index contributed by atoms with van der Waals surface area (Å²) in [6.07, 6.45) is 0. The quantitative estimate of drug-likeness (QED) is 0.816. The molecule has 0 aromatic heterocycles. The number of sulfonamides is 2. The first-order chi connectivity index (χ1) is 11.6. The molecule has 0 unspecified atom stereocenters. The first-order valence-electron chi connectivity index (χ1n) is 6.97. The maximum absolute atomic E-state index is 13.3. The first-order valence-corrected chi connectivity index (χ1v) is 9.89. The van der Waals surface area contributed by atoms with E-state index in [0.717, 1.165) is 22.5 Å². The van der Waals surface area contributed by atoms with E-state index in [9.17, 15) is 21.2 Å². The number of benzene rings is 2. The van der Waals surface area contributed by atoms with Gasteiger partial charge in [-0.05, 0) is 36.4 Å². The molecule has 0 saturated heterocycles. The summed E-state index contributed by atoms with van der Waals surface area (Å²) in [4.78, 5) is -0.472. The summed E-state index contributed by atoms with van der Waals surface area (Å²) in [5.74, 6) is -0.629. The van der Waals surface area contributed by atoms with Crippen molar-refractivity contribution in [2.75, 3.05) is 25.9 Å². The molecular weight excluding hydrogens is 371 g/mol. The van der Waals surface area contributed by atoms with Gasteiger partial charge in [-0.3, -0.25) is 4.72 Å². The monoisotopic (exact) mass is 388 g/mol. The van der Waals surface area contributed by atoms with Gasteiger partial charge in [0.25, 0.3) is 10.0 Å². The fourth-order valence-corrected chi connectivity index (χ4v) is 4.14. The number of nitrogens with one attached hydrogen (secondary N) is 1. The third kappa shape index (κ3) is 4.09. The lowest BCUT2D eigenvalue weighted by Gasteiger charge is -2.16. The number of hydrogen-bond donors (Lipinski definition) is 1. The van der Waals surface area contributed by atoms with Crippen LogP contribution >= 0.6 is 0 Å². The highest BCUT2D eigenvalue weighted by atomic mass is 32.2. The van der Waals surface area contributed by atoms with E-state index >= 15 is 0 Å². The molecule has 0 heterocycles. The van der Waals surface area contributed by atoms with Crippen molar-refractivity contribution in [2.45, 2.75) is 9.79 Å². The van der Waals surface area contributed by atoms with Gasteiger partial charge in [0.05, 0.1) is 17.7 Å². The zero-order chi connectivity index (χ0) is 18.8. The van der Waals surface area contributed by atoms with Crippen LogP contribution in [0, 0.1) is 5.82 Å². The van der Waals surface area contributed by atoms with Crippen LogP contribution in [0.1, 0.15) is 0 Å². The van der Waals surface area contributed by atoms with Crippen molar-refractivity contribution >= 4 is 25.7 Å². The molecule has 2 aromatic carbocycles. The van der Waals surface area contributed by atoms with E-state index in [1.54, 1.807) is 0 Å². The van der Waals surface area contributed by atoms with Crippen molar-refractivity contribution in [3.63, 3.8) is 0 Å². The molecule has 0 radical (unpaired) electrons. The zero-order valence-electron chi connectivity index (χ0n) is 13.7. The number of ether oxygens (including phenoxy) is 1. The van der Waals surface area contributed by atoms with Crippen molar-refractivity contribution in [3.8, 4) is 5.75 Å². The van der Waals surface area contributed by atoms with Crippen LogP contribution in [0.4, 0.5) is 10.1 Å². The van der Waals surface area contributed by atoms with Crippen LogP contribution in [0.5, 0.6) is 5.75 Å². The zero-order valence-corrected chi connectivity index (χ0v) is 15.4. The molecule has 0 aliphatic carbocycles. The van der Waals surface area contributed by atoms with Crippen LogP contribution < -0.4 is 9.46 Å². The van der Waals surface area contributed by atoms with Crippen molar-refractivity contribution in [3.05, 3.63) is 48.3 Å². The van der Waals surface area contributed by atoms with Crippen LogP contribution in [0.3, 0.4) is 0 Å². The van der Waals surface area contributed by atoms with Gasteiger partial charge in [-0.25, -0.2) is 25.5 Å². The van der Waals surface area contributed by atoms with Gasteiger partial charge in [0.1, 0.15) is 16.5 Å². The Labute approximate surface area is 146 Å². The lowest BCUT2D eigenvalue weighted by molar-refractivity contribution is 0.400. The smallest absolute Gasteiger partial charge is 0.261 e. The topological polar surface area (TPSA) is 92.8 Å². The molecule has 0 atom stereocenters. The summed E-state index contributed by atoms with van der Waals surface area (Å²) in [7, 11) is -3.94. The SMILES string of the molecule is COc1ccc(NS(=O)(=O)c2cccc(F)c2)cc1S(=O)(=O)N(C)C. The number of anilines is 1. The minimum atomic E-state index is -4.08. The standard InChI is InChI=1S/C15H17FN2O5S2/c1-18(2)25(21,22)15-10-12(7-8-14(15)23-3)17-24(19,20)13-6-4-5-11(16)9-13/h4-10,17H,1-3H3. The molecule has 136 valence electrons. The second-order valence-electron chi connectivity index (χ2n) is 5.22. The molecule has 0 bridgehead atoms. The Kier molecular flexibility index (Phi) is 5.35. The molecule has 0 aliphatic rings. The summed E-state index contributed by atoms with van der Waals surface area (Å²) < 4.78 is 70.9. The summed E-state index contributed by atoms with van der Waals surface area (Å²) in [5.41, 5.74) is 0.00508. The van der Waals surface area contributed by atoms with Crippen LogP contribution in [-0.4, -0.2) is 42.3 Å². The Morgan fingerprint density at radius 2 is 1.72 bits per heavy atom. The Bertz CT molecular complexity index is 989. The van der Waals surface area contributed by atoms with Gasteiger partial charge in [0.15, 0.2) is 0 Å². The summed E-state index contributed by atoms with van der Waals surface area (Å²) in [6, 6.07) is 8.30. The average Bonchev–Trinajstić information content (AvgIpc) is 2.54. The van der Waals surface area contributed by atoms with Crippen LogP contribution in [-0.2, 0) is 20.0 Å². The molecule has 1 N–H and O–H groups in total. The van der Waals surface area contributed by atoms with E-state index in [-0.39, 0.29) is 21.2 Å². The Balaban J connectivity index is 2.48. The Morgan fingerprint density at radius 3 is 2.28 bits per heavy atom. The molecule has 0 amide bonds. The highest BCUT2D eigenvalue weighted by molar-refractivity contribution is 7.92. The first kappa shape index (κ1) is 19.2. The molecule has 0 fully saturated rings. The predicted octanol–water partition coefficient (Wildman–Crippen LogP) is 1.89. The summed E-state index contributed by atoms with van der Waals surface area (Å²) in [6.45, 7) is 0. The van der Waals surface area contributed by atoms with Crippen LogP contribution in [0.25, 0.3) is 0 Å². The van der Waals surface area contributed by atoms with E-state index in [4.69, 9.17) is 4.74 Å². The van der Waals surface area contributed by atoms with Gasteiger partial charge < -0.3 is 4.74 Å². The minimum Gasteiger partial charge on any atom is -0.495 e. The lowest BCUT2D eigenvalue weighted by atomic mass is 10.3. The maximum Gasteiger partial charge on any atom is 0.261 e. The van der Waals surface area contributed by atoms with Crippen molar-refractivity contribution in [2.24, 2.45) is 0 Å². The van der Waals surface area contributed by atoms with Gasteiger partial charge in [-0.1, -0.05) is 6.07 Å². The molecule has 7 nitrogen and oxygen atoms in total. The van der Waals surface area contributed by atoms with E-state index in [0.29, 0.717) is 0 Å². The minimum absolute atomic E-state index is 0.00508. The largest absolute Gasteiger partial charge is 0.495 e. The van der Waals surface area contributed by atoms with Crippen molar-refractivity contribution in [1.29, 1.82) is 0 Å². The van der Waals surface area contributed by atoms with E-state index in [2.05, 4.69) is 4.72 Å². The number of methoxy groups -OCH3 is 1. The second-order valence-corrected chi connectivity index (χ2v) is 9.02. The van der Waals surface area contributed by atoms with E-state index in [1.807, 2.05) is 0 Å². The molecule has 2 rings (SSSR count). The van der Waals surface area contributed by atoms with Gasteiger partial charge in [-0.15, -0.1) is 0 Å². The molecule has 0 spiro atoms. The summed E-state index contributed by atoms with van der Waals surface area (Å²) in [5, 5.41) is 0. The maximum atomic E-state index is 13.3. The third-order valence-corrected chi connectivity index (χ3v) is 6.50. The lowest BCUT2D eigenvalue weighted by Crippen LogP contribution is -2.23. The van der Waals surface area contributed by atoms with Gasteiger partial charge in [0.2, 0.25) is 10.0 Å². The second kappa shape index (κ2) is 6.98. The number of halogens is 1. The highest BCUT2D eigenvalue weighted by Gasteiger charge is 2.24. The third-order valence-electron chi connectivity index (χ3n) is 3.28. The number of nitrogens with zero attached hydrogens (tertiary/aromatic N) is 1. The number of rotatable bonds is 6. The summed E-state index contributed by atoms with van der Waals surface area (Å²) >= 11 is 0. The molecule has 25 heavy (non-hydrogen) atoms. The molecule has 2 aromatic rings. The van der Waals surface area contributed by atoms with E-state index in [1.165, 1.54) is 45.5 Å². The number of hydrogen-bond acceptors (Lipinski definition) is 5. The highest BCUT2D eigenvalue weighted by Crippen LogP contribution is 2.29. The Hall–Kier alpha value is -2.17. The van der Waals surface area contributed by atoms with Crippen molar-refractivity contribution < 1.29 is 26.0 Å². The normalized spacial score (nSPS) is 12.2. The molecule has 10 heteroatoms. The van der Waals surface area contributed by atoms with Gasteiger partial charge in [-0.2, -0.15) is 0 Å². The van der Waals surface area contributed by atoms with E-state index < -0.39 is 25.9 Å². The fourth-order valence-electron chi connectivity index (χ4n) is 1.99. The Morgan fingerprint density at radius 1 is 1.04 bits per heavy atom. The molecule has 0 saturated carbocycles. The predicted molar refractivity (Wildman–Crippen MR) is 91.1 cm³/mol. The van der Waals surface area contributed by atoms with Crippen molar-refractivity contribution in [1.82, 2.24) is 4.31 Å². The molecule has 0 aliphatic heterocycles. The fraction of sp³-hybridized carbons (Fsp3) is 0.200. The molecular formula is C15H17FN2O5S2. The van der Waals surface area contributed by atoms with Crippen LogP contribution in [0.15, 0.2) is 52.3 Å². The van der Waals surface area contributed by atoms with Gasteiger partial charge in [0, 0.05) is 14.1 Å².